The van der Waals surface area contributed by atoms with Gasteiger partial charge in [-0.3, -0.25) is 0 Å². The Bertz CT molecular complexity index is 509. The molecule has 5 heteroatoms. The highest BCUT2D eigenvalue weighted by molar-refractivity contribution is 7.91. The van der Waals surface area contributed by atoms with Crippen molar-refractivity contribution in [2.24, 2.45) is 5.92 Å². The number of sulfone groups is 1. The highest BCUT2D eigenvalue weighted by Crippen LogP contribution is 2.34. The summed E-state index contributed by atoms with van der Waals surface area (Å²) in [7, 11) is 0.106. The van der Waals surface area contributed by atoms with Crippen LogP contribution in [0.5, 0.6) is 5.75 Å². The minimum Gasteiger partial charge on any atom is -0.497 e. The molecule has 0 aromatic heterocycles. The van der Waals surface area contributed by atoms with Crippen molar-refractivity contribution < 1.29 is 13.2 Å². The summed E-state index contributed by atoms with van der Waals surface area (Å²) >= 11 is 0. The van der Waals surface area contributed by atoms with Crippen molar-refractivity contribution >= 4 is 9.84 Å². The second-order valence-corrected chi connectivity index (χ2v) is 6.73. The molecule has 1 N–H and O–H groups in total. The van der Waals surface area contributed by atoms with Gasteiger partial charge in [-0.05, 0) is 44.0 Å². The number of nitrogens with one attached hydrogen (secondary N) is 1. The molecule has 0 spiro atoms. The number of hydrogen-bond donors (Lipinski definition) is 1. The van der Waals surface area contributed by atoms with Crippen molar-refractivity contribution in [3.05, 3.63) is 24.3 Å². The predicted molar refractivity (Wildman–Crippen MR) is 70.6 cm³/mol. The van der Waals surface area contributed by atoms with Crippen LogP contribution in [0.4, 0.5) is 0 Å². The van der Waals surface area contributed by atoms with Gasteiger partial charge in [0, 0.05) is 6.04 Å². The molecule has 0 saturated heterocycles. The zero-order valence-corrected chi connectivity index (χ0v) is 11.5. The molecular weight excluding hydrogens is 250 g/mol. The van der Waals surface area contributed by atoms with Crippen LogP contribution in [0.15, 0.2) is 29.2 Å². The maximum absolute atomic E-state index is 12.3. The molecule has 1 saturated carbocycles. The lowest BCUT2D eigenvalue weighted by Gasteiger charge is -2.15. The molecule has 1 unspecified atom stereocenters. The molecule has 1 fully saturated rings. The fourth-order valence-corrected chi connectivity index (χ4v) is 3.77. The van der Waals surface area contributed by atoms with Crippen molar-refractivity contribution in [1.82, 2.24) is 5.32 Å². The second-order valence-electron chi connectivity index (χ2n) is 4.69. The Morgan fingerprint density at radius 1 is 1.44 bits per heavy atom. The standard InChI is InChI=1S/C13H19NO3S/c1-14-13(10-6-7-10)9-18(15,16)12-5-3-4-11(8-12)17-2/h3-5,8,10,13-14H,6-7,9H2,1-2H3. The zero-order valence-electron chi connectivity index (χ0n) is 10.7. The molecule has 0 heterocycles. The van der Waals surface area contributed by atoms with Gasteiger partial charge in [0.15, 0.2) is 9.84 Å². The van der Waals surface area contributed by atoms with Gasteiger partial charge < -0.3 is 10.1 Å². The molecule has 1 atom stereocenters. The first-order valence-electron chi connectivity index (χ1n) is 6.11. The lowest BCUT2D eigenvalue weighted by molar-refractivity contribution is 0.413. The largest absolute Gasteiger partial charge is 0.497 e. The topological polar surface area (TPSA) is 55.4 Å². The van der Waals surface area contributed by atoms with Crippen LogP contribution in [0.2, 0.25) is 0 Å². The van der Waals surface area contributed by atoms with Crippen LogP contribution in [0.1, 0.15) is 12.8 Å². The SMILES string of the molecule is CNC(CS(=O)(=O)c1cccc(OC)c1)C1CC1. The molecule has 100 valence electrons. The summed E-state index contributed by atoms with van der Waals surface area (Å²) in [6.45, 7) is 0. The van der Waals surface area contributed by atoms with E-state index in [-0.39, 0.29) is 11.8 Å². The molecule has 2 rings (SSSR count). The highest BCUT2D eigenvalue weighted by atomic mass is 32.2. The van der Waals surface area contributed by atoms with E-state index in [4.69, 9.17) is 4.74 Å². The number of methoxy groups -OCH3 is 1. The molecule has 0 aliphatic heterocycles. The first-order chi connectivity index (χ1) is 8.56. The van der Waals surface area contributed by atoms with Crippen molar-refractivity contribution in [2.75, 3.05) is 19.9 Å². The average molecular weight is 269 g/mol. The Labute approximate surface area is 108 Å². The second kappa shape index (κ2) is 5.28. The molecule has 0 bridgehead atoms. The third-order valence-corrected chi connectivity index (χ3v) is 5.13. The van der Waals surface area contributed by atoms with Crippen LogP contribution >= 0.6 is 0 Å². The van der Waals surface area contributed by atoms with E-state index >= 15 is 0 Å². The molecular formula is C13H19NO3S. The molecule has 1 aromatic rings. The molecule has 0 amide bonds. The third-order valence-electron chi connectivity index (χ3n) is 3.36. The summed E-state index contributed by atoms with van der Waals surface area (Å²) in [4.78, 5) is 0.336. The number of benzene rings is 1. The average Bonchev–Trinajstić information content (AvgIpc) is 3.20. The number of rotatable bonds is 6. The zero-order chi connectivity index (χ0) is 13.2. The van der Waals surface area contributed by atoms with E-state index < -0.39 is 9.84 Å². The van der Waals surface area contributed by atoms with Gasteiger partial charge in [0.2, 0.25) is 0 Å². The van der Waals surface area contributed by atoms with Gasteiger partial charge in [-0.15, -0.1) is 0 Å². The van der Waals surface area contributed by atoms with Crippen LogP contribution in [-0.2, 0) is 9.84 Å². The van der Waals surface area contributed by atoms with E-state index in [0.717, 1.165) is 12.8 Å². The number of hydrogen-bond acceptors (Lipinski definition) is 4. The van der Waals surface area contributed by atoms with Gasteiger partial charge in [-0.2, -0.15) is 0 Å². The molecule has 4 nitrogen and oxygen atoms in total. The van der Waals surface area contributed by atoms with Crippen molar-refractivity contribution in [1.29, 1.82) is 0 Å². The van der Waals surface area contributed by atoms with Crippen LogP contribution in [-0.4, -0.2) is 34.4 Å². The van der Waals surface area contributed by atoms with Gasteiger partial charge in [0.05, 0.1) is 17.8 Å². The normalized spacial score (nSPS) is 17.4. The van der Waals surface area contributed by atoms with Gasteiger partial charge in [0.25, 0.3) is 0 Å². The smallest absolute Gasteiger partial charge is 0.180 e. The maximum Gasteiger partial charge on any atom is 0.180 e. The molecule has 1 aliphatic carbocycles. The third kappa shape index (κ3) is 3.03. The van der Waals surface area contributed by atoms with Crippen molar-refractivity contribution in [3.63, 3.8) is 0 Å². The Balaban J connectivity index is 2.18. The van der Waals surface area contributed by atoms with Crippen LogP contribution in [0, 0.1) is 5.92 Å². The van der Waals surface area contributed by atoms with E-state index in [0.29, 0.717) is 16.6 Å². The quantitative estimate of drug-likeness (QED) is 0.849. The summed E-state index contributed by atoms with van der Waals surface area (Å²) in [6, 6.07) is 6.71. The fourth-order valence-electron chi connectivity index (χ4n) is 2.08. The van der Waals surface area contributed by atoms with E-state index in [1.807, 2.05) is 7.05 Å². The summed E-state index contributed by atoms with van der Waals surface area (Å²) in [5.41, 5.74) is 0. The minimum absolute atomic E-state index is 0.0567. The Morgan fingerprint density at radius 2 is 2.17 bits per heavy atom. The Hall–Kier alpha value is -1.07. The highest BCUT2D eigenvalue weighted by Gasteiger charge is 2.33. The van der Waals surface area contributed by atoms with Crippen molar-refractivity contribution in [2.45, 2.75) is 23.8 Å². The lowest BCUT2D eigenvalue weighted by Crippen LogP contribution is -2.34. The molecule has 1 aliphatic rings. The van der Waals surface area contributed by atoms with Crippen molar-refractivity contribution in [3.8, 4) is 5.75 Å². The summed E-state index contributed by atoms with van der Waals surface area (Å²) < 4.78 is 29.7. The molecule has 1 aromatic carbocycles. The first kappa shape index (κ1) is 13.4. The van der Waals surface area contributed by atoms with Gasteiger partial charge >= 0.3 is 0 Å². The van der Waals surface area contributed by atoms with Gasteiger partial charge in [-0.1, -0.05) is 6.07 Å². The van der Waals surface area contributed by atoms with E-state index in [9.17, 15) is 8.42 Å². The van der Waals surface area contributed by atoms with Gasteiger partial charge in [0.1, 0.15) is 5.75 Å². The number of ether oxygens (including phenoxy) is 1. The van der Waals surface area contributed by atoms with Crippen LogP contribution in [0.25, 0.3) is 0 Å². The molecule has 18 heavy (non-hydrogen) atoms. The maximum atomic E-state index is 12.3. The Morgan fingerprint density at radius 3 is 2.72 bits per heavy atom. The molecule has 0 radical (unpaired) electrons. The Kier molecular flexibility index (Phi) is 3.92. The summed E-state index contributed by atoms with van der Waals surface area (Å²) in [5, 5.41) is 3.11. The van der Waals surface area contributed by atoms with Crippen LogP contribution < -0.4 is 10.1 Å². The van der Waals surface area contributed by atoms with E-state index in [1.54, 1.807) is 24.3 Å². The minimum atomic E-state index is -3.25. The predicted octanol–water partition coefficient (Wildman–Crippen LogP) is 1.47. The van der Waals surface area contributed by atoms with Gasteiger partial charge in [-0.25, -0.2) is 8.42 Å². The first-order valence-corrected chi connectivity index (χ1v) is 7.76. The van der Waals surface area contributed by atoms with E-state index in [1.165, 1.54) is 7.11 Å². The monoisotopic (exact) mass is 269 g/mol. The van der Waals surface area contributed by atoms with E-state index in [2.05, 4.69) is 5.32 Å². The lowest BCUT2D eigenvalue weighted by atomic mass is 10.2. The fraction of sp³-hybridized carbons (Fsp3) is 0.538. The summed E-state index contributed by atoms with van der Waals surface area (Å²) in [5.74, 6) is 1.24. The summed E-state index contributed by atoms with van der Waals surface area (Å²) in [6.07, 6.45) is 2.25. The van der Waals surface area contributed by atoms with Crippen LogP contribution in [0.3, 0.4) is 0 Å².